The zero-order valence-electron chi connectivity index (χ0n) is 16.7. The van der Waals surface area contributed by atoms with Crippen molar-refractivity contribution in [2.24, 2.45) is 7.05 Å². The summed E-state index contributed by atoms with van der Waals surface area (Å²) < 4.78 is 13.2. The van der Waals surface area contributed by atoms with Crippen LogP contribution in [0.5, 0.6) is 11.5 Å². The van der Waals surface area contributed by atoms with E-state index in [1.165, 1.54) is 24.6 Å². The largest absolute Gasteiger partial charge is 0.490 e. The first-order valence-electron chi connectivity index (χ1n) is 9.79. The number of amides is 1. The highest BCUT2D eigenvalue weighted by Crippen LogP contribution is 2.39. The molecule has 1 heterocycles. The van der Waals surface area contributed by atoms with Gasteiger partial charge in [0, 0.05) is 19.5 Å². The number of hydrogen-bond donors (Lipinski definition) is 1. The first kappa shape index (κ1) is 20.5. The van der Waals surface area contributed by atoms with E-state index in [4.69, 9.17) is 9.47 Å². The standard InChI is InChI=1S/C20H28N4O3S/c1-4-26-16-9-6-14(12-17(16)27-5-2)10-11-21-18(25)13-28-20-23-22-19(24(20)3)15-7-8-15/h6,9,12,15H,4-5,7-8,10-11,13H2,1-3H3,(H,21,25). The van der Waals surface area contributed by atoms with E-state index in [2.05, 4.69) is 15.5 Å². The van der Waals surface area contributed by atoms with E-state index < -0.39 is 0 Å². The summed E-state index contributed by atoms with van der Waals surface area (Å²) >= 11 is 1.42. The fraction of sp³-hybridized carbons (Fsp3) is 0.550. The summed E-state index contributed by atoms with van der Waals surface area (Å²) in [5, 5.41) is 12.2. The van der Waals surface area contributed by atoms with Crippen molar-refractivity contribution in [3.63, 3.8) is 0 Å². The summed E-state index contributed by atoms with van der Waals surface area (Å²) in [6.45, 7) is 5.66. The van der Waals surface area contributed by atoms with E-state index in [0.717, 1.165) is 34.5 Å². The molecule has 1 aliphatic rings. The van der Waals surface area contributed by atoms with Gasteiger partial charge in [-0.15, -0.1) is 10.2 Å². The lowest BCUT2D eigenvalue weighted by Gasteiger charge is -2.12. The van der Waals surface area contributed by atoms with Gasteiger partial charge in [-0.25, -0.2) is 0 Å². The Labute approximate surface area is 170 Å². The second kappa shape index (κ2) is 9.82. The smallest absolute Gasteiger partial charge is 0.230 e. The summed E-state index contributed by atoms with van der Waals surface area (Å²) in [4.78, 5) is 12.1. The lowest BCUT2D eigenvalue weighted by molar-refractivity contribution is -0.118. The number of nitrogens with one attached hydrogen (secondary N) is 1. The van der Waals surface area contributed by atoms with Crippen LogP contribution in [0.15, 0.2) is 23.4 Å². The molecule has 1 N–H and O–H groups in total. The van der Waals surface area contributed by atoms with E-state index in [1.807, 2.05) is 43.7 Å². The quantitative estimate of drug-likeness (QED) is 0.580. The lowest BCUT2D eigenvalue weighted by Crippen LogP contribution is -2.27. The SMILES string of the molecule is CCOc1ccc(CCNC(=O)CSc2nnc(C3CC3)n2C)cc1OCC. The monoisotopic (exact) mass is 404 g/mol. The van der Waals surface area contributed by atoms with Crippen LogP contribution >= 0.6 is 11.8 Å². The molecule has 1 amide bonds. The van der Waals surface area contributed by atoms with Gasteiger partial charge in [-0.05, 0) is 50.8 Å². The van der Waals surface area contributed by atoms with Crippen molar-refractivity contribution in [1.82, 2.24) is 20.1 Å². The maximum atomic E-state index is 12.1. The Balaban J connectivity index is 1.44. The molecule has 8 heteroatoms. The number of rotatable bonds is 11. The average Bonchev–Trinajstić information content (AvgIpc) is 3.45. The molecular weight excluding hydrogens is 376 g/mol. The second-order valence-corrected chi connectivity index (χ2v) is 7.65. The lowest BCUT2D eigenvalue weighted by atomic mass is 10.1. The maximum Gasteiger partial charge on any atom is 0.230 e. The minimum Gasteiger partial charge on any atom is -0.490 e. The van der Waals surface area contributed by atoms with Crippen LogP contribution in [0.4, 0.5) is 0 Å². The van der Waals surface area contributed by atoms with Crippen molar-refractivity contribution in [3.8, 4) is 11.5 Å². The molecular formula is C20H28N4O3S. The molecule has 0 saturated heterocycles. The summed E-state index contributed by atoms with van der Waals surface area (Å²) in [5.41, 5.74) is 1.10. The molecule has 3 rings (SSSR count). The molecule has 2 aromatic rings. The molecule has 0 spiro atoms. The number of aromatic nitrogens is 3. The molecule has 1 fully saturated rings. The number of ether oxygens (including phenoxy) is 2. The van der Waals surface area contributed by atoms with Crippen molar-refractivity contribution in [2.75, 3.05) is 25.5 Å². The first-order valence-corrected chi connectivity index (χ1v) is 10.8. The Morgan fingerprint density at radius 1 is 1.21 bits per heavy atom. The predicted octanol–water partition coefficient (Wildman–Crippen LogP) is 2.94. The fourth-order valence-electron chi connectivity index (χ4n) is 2.93. The highest BCUT2D eigenvalue weighted by molar-refractivity contribution is 7.99. The van der Waals surface area contributed by atoms with E-state index in [1.54, 1.807) is 0 Å². The Hall–Kier alpha value is -2.22. The average molecular weight is 405 g/mol. The molecule has 28 heavy (non-hydrogen) atoms. The molecule has 1 aliphatic carbocycles. The van der Waals surface area contributed by atoms with Gasteiger partial charge in [-0.1, -0.05) is 17.8 Å². The first-order chi connectivity index (χ1) is 13.6. The zero-order valence-corrected chi connectivity index (χ0v) is 17.6. The minimum absolute atomic E-state index is 0.00283. The number of thioether (sulfide) groups is 1. The van der Waals surface area contributed by atoms with Crippen LogP contribution in [0.1, 0.15) is 44.0 Å². The van der Waals surface area contributed by atoms with Crippen molar-refractivity contribution in [3.05, 3.63) is 29.6 Å². The van der Waals surface area contributed by atoms with Crippen molar-refractivity contribution >= 4 is 17.7 Å². The van der Waals surface area contributed by atoms with Gasteiger partial charge < -0.3 is 19.4 Å². The summed E-state index contributed by atoms with van der Waals surface area (Å²) in [7, 11) is 1.97. The molecule has 0 radical (unpaired) electrons. The number of carbonyl (C=O) groups is 1. The van der Waals surface area contributed by atoms with Gasteiger partial charge in [0.05, 0.1) is 19.0 Å². The third-order valence-corrected chi connectivity index (χ3v) is 5.51. The van der Waals surface area contributed by atoms with Gasteiger partial charge in [-0.3, -0.25) is 4.79 Å². The topological polar surface area (TPSA) is 78.3 Å². The van der Waals surface area contributed by atoms with E-state index in [9.17, 15) is 4.79 Å². The van der Waals surface area contributed by atoms with Gasteiger partial charge in [0.1, 0.15) is 5.82 Å². The van der Waals surface area contributed by atoms with Gasteiger partial charge >= 0.3 is 0 Å². The molecule has 7 nitrogen and oxygen atoms in total. The molecule has 0 aliphatic heterocycles. The van der Waals surface area contributed by atoms with Gasteiger partial charge in [0.15, 0.2) is 16.7 Å². The zero-order chi connectivity index (χ0) is 19.9. The Morgan fingerprint density at radius 2 is 1.96 bits per heavy atom. The van der Waals surface area contributed by atoms with Crippen molar-refractivity contribution in [1.29, 1.82) is 0 Å². The fourth-order valence-corrected chi connectivity index (χ4v) is 3.68. The van der Waals surface area contributed by atoms with Crippen molar-refractivity contribution < 1.29 is 14.3 Å². The van der Waals surface area contributed by atoms with Crippen molar-refractivity contribution in [2.45, 2.75) is 44.2 Å². The number of nitrogens with zero attached hydrogens (tertiary/aromatic N) is 3. The van der Waals surface area contributed by atoms with Crippen LogP contribution in [0.2, 0.25) is 0 Å². The Bertz CT molecular complexity index is 805. The Kier molecular flexibility index (Phi) is 7.19. The molecule has 1 saturated carbocycles. The summed E-state index contributed by atoms with van der Waals surface area (Å²) in [6, 6.07) is 5.91. The van der Waals surface area contributed by atoms with Crippen LogP contribution < -0.4 is 14.8 Å². The third kappa shape index (κ3) is 5.41. The van der Waals surface area contributed by atoms with Crippen LogP contribution in [0.25, 0.3) is 0 Å². The molecule has 0 bridgehead atoms. The molecule has 152 valence electrons. The van der Waals surface area contributed by atoms with Gasteiger partial charge in [0.25, 0.3) is 0 Å². The highest BCUT2D eigenvalue weighted by atomic mass is 32.2. The predicted molar refractivity (Wildman–Crippen MR) is 109 cm³/mol. The number of benzene rings is 1. The minimum atomic E-state index is -0.00283. The van der Waals surface area contributed by atoms with E-state index in [0.29, 0.717) is 31.4 Å². The highest BCUT2D eigenvalue weighted by Gasteiger charge is 2.29. The van der Waals surface area contributed by atoms with Crippen LogP contribution in [-0.2, 0) is 18.3 Å². The van der Waals surface area contributed by atoms with Crippen LogP contribution in [-0.4, -0.2) is 46.2 Å². The Morgan fingerprint density at radius 3 is 2.68 bits per heavy atom. The second-order valence-electron chi connectivity index (χ2n) is 6.71. The van der Waals surface area contributed by atoms with E-state index >= 15 is 0 Å². The molecule has 1 aromatic heterocycles. The molecule has 0 unspecified atom stereocenters. The molecule has 0 atom stereocenters. The number of hydrogen-bond acceptors (Lipinski definition) is 6. The van der Waals surface area contributed by atoms with Crippen LogP contribution in [0, 0.1) is 0 Å². The third-order valence-electron chi connectivity index (χ3n) is 4.49. The molecule has 1 aromatic carbocycles. The summed E-state index contributed by atoms with van der Waals surface area (Å²) in [5.74, 6) is 3.42. The van der Waals surface area contributed by atoms with E-state index in [-0.39, 0.29) is 5.91 Å². The summed E-state index contributed by atoms with van der Waals surface area (Å²) in [6.07, 6.45) is 3.11. The van der Waals surface area contributed by atoms with Crippen LogP contribution in [0.3, 0.4) is 0 Å². The number of carbonyl (C=O) groups excluding carboxylic acids is 1. The van der Waals surface area contributed by atoms with Gasteiger partial charge in [-0.2, -0.15) is 0 Å². The maximum absolute atomic E-state index is 12.1. The normalized spacial score (nSPS) is 13.4. The van der Waals surface area contributed by atoms with Gasteiger partial charge in [0.2, 0.25) is 5.91 Å².